The largest absolute Gasteiger partial charge is 0.409 e. The zero-order chi connectivity index (χ0) is 15.0. The molecule has 1 rings (SSSR count). The van der Waals surface area contributed by atoms with E-state index in [2.05, 4.69) is 20.6 Å². The Labute approximate surface area is 119 Å². The molecule has 0 saturated heterocycles. The fourth-order valence-corrected chi connectivity index (χ4v) is 1.85. The van der Waals surface area contributed by atoms with Gasteiger partial charge in [-0.15, -0.1) is 0 Å². The van der Waals surface area contributed by atoms with Gasteiger partial charge in [0.1, 0.15) is 5.84 Å². The smallest absolute Gasteiger partial charge is 0.223 e. The van der Waals surface area contributed by atoms with Crippen molar-refractivity contribution in [2.24, 2.45) is 16.3 Å². The van der Waals surface area contributed by atoms with Crippen LogP contribution < -0.4 is 11.1 Å². The normalized spacial score (nSPS) is 12.8. The minimum absolute atomic E-state index is 0.253. The molecular formula is C13H25N5O2. The molecule has 0 unspecified atom stereocenters. The first-order valence-corrected chi connectivity index (χ1v) is 6.93. The van der Waals surface area contributed by atoms with Crippen LogP contribution in [0.4, 0.5) is 0 Å². The van der Waals surface area contributed by atoms with Gasteiger partial charge in [-0.2, -0.15) is 4.98 Å². The van der Waals surface area contributed by atoms with Gasteiger partial charge in [0.15, 0.2) is 5.82 Å². The summed E-state index contributed by atoms with van der Waals surface area (Å²) in [7, 11) is 0. The fraction of sp³-hybridized carbons (Fsp3) is 0.769. The zero-order valence-corrected chi connectivity index (χ0v) is 12.5. The summed E-state index contributed by atoms with van der Waals surface area (Å²) in [6.45, 7) is 7.51. The quantitative estimate of drug-likeness (QED) is 0.208. The number of rotatable bonds is 9. The standard InChI is InChI=1S/C13H25N5O2/c1-10-16-11(18-20-10)6-9-15-8-5-4-7-13(2,3)12(14)17-19/h15,19H,4-9H2,1-3H3,(H2,14,17). The summed E-state index contributed by atoms with van der Waals surface area (Å²) in [6, 6.07) is 0. The second-order valence-corrected chi connectivity index (χ2v) is 5.56. The minimum Gasteiger partial charge on any atom is -0.409 e. The first-order chi connectivity index (χ1) is 9.45. The molecule has 0 aliphatic carbocycles. The van der Waals surface area contributed by atoms with Gasteiger partial charge in [-0.05, 0) is 19.4 Å². The van der Waals surface area contributed by atoms with Gasteiger partial charge < -0.3 is 20.8 Å². The van der Waals surface area contributed by atoms with E-state index in [0.29, 0.717) is 5.89 Å². The van der Waals surface area contributed by atoms with Crippen molar-refractivity contribution < 1.29 is 9.73 Å². The Morgan fingerprint density at radius 2 is 2.15 bits per heavy atom. The third-order valence-electron chi connectivity index (χ3n) is 3.30. The average molecular weight is 283 g/mol. The molecule has 1 aromatic rings. The van der Waals surface area contributed by atoms with Crippen molar-refractivity contribution in [2.75, 3.05) is 13.1 Å². The van der Waals surface area contributed by atoms with Gasteiger partial charge in [-0.3, -0.25) is 0 Å². The number of nitrogens with one attached hydrogen (secondary N) is 1. The predicted molar refractivity (Wildman–Crippen MR) is 76.6 cm³/mol. The van der Waals surface area contributed by atoms with Crippen molar-refractivity contribution in [3.63, 3.8) is 0 Å². The van der Waals surface area contributed by atoms with E-state index in [1.165, 1.54) is 0 Å². The highest BCUT2D eigenvalue weighted by atomic mass is 16.5. The van der Waals surface area contributed by atoms with Crippen LogP contribution in [0.2, 0.25) is 0 Å². The van der Waals surface area contributed by atoms with Gasteiger partial charge in [0.05, 0.1) is 0 Å². The topological polar surface area (TPSA) is 110 Å². The molecule has 0 amide bonds. The molecule has 1 heterocycles. The minimum atomic E-state index is -0.253. The van der Waals surface area contributed by atoms with Crippen LogP contribution in [0.5, 0.6) is 0 Å². The summed E-state index contributed by atoms with van der Waals surface area (Å²) < 4.78 is 4.90. The molecule has 0 aliphatic rings. The molecular weight excluding hydrogens is 258 g/mol. The molecule has 0 saturated carbocycles. The summed E-state index contributed by atoms with van der Waals surface area (Å²) in [5.41, 5.74) is 5.39. The molecule has 4 N–H and O–H groups in total. The van der Waals surface area contributed by atoms with Crippen molar-refractivity contribution in [3.05, 3.63) is 11.7 Å². The predicted octanol–water partition coefficient (Wildman–Crippen LogP) is 1.45. The van der Waals surface area contributed by atoms with E-state index in [0.717, 1.165) is 44.6 Å². The number of oxime groups is 1. The summed E-state index contributed by atoms with van der Waals surface area (Å²) >= 11 is 0. The molecule has 0 bridgehead atoms. The Morgan fingerprint density at radius 1 is 1.40 bits per heavy atom. The molecule has 1 aromatic heterocycles. The lowest BCUT2D eigenvalue weighted by atomic mass is 9.86. The maximum absolute atomic E-state index is 8.68. The highest BCUT2D eigenvalue weighted by Crippen LogP contribution is 2.22. The van der Waals surface area contributed by atoms with Crippen LogP contribution in [0.25, 0.3) is 0 Å². The van der Waals surface area contributed by atoms with Crippen LogP contribution in [-0.4, -0.2) is 34.3 Å². The Bertz CT molecular complexity index is 428. The Hall–Kier alpha value is -1.63. The average Bonchev–Trinajstić information content (AvgIpc) is 2.82. The van der Waals surface area contributed by atoms with E-state index in [1.807, 2.05) is 13.8 Å². The van der Waals surface area contributed by atoms with Gasteiger partial charge in [0.25, 0.3) is 0 Å². The fourth-order valence-electron chi connectivity index (χ4n) is 1.85. The molecule has 0 atom stereocenters. The van der Waals surface area contributed by atoms with Crippen LogP contribution in [0, 0.1) is 12.3 Å². The number of nitrogens with two attached hydrogens (primary N) is 1. The van der Waals surface area contributed by atoms with E-state index < -0.39 is 0 Å². The molecule has 7 heteroatoms. The first-order valence-electron chi connectivity index (χ1n) is 6.93. The third-order valence-corrected chi connectivity index (χ3v) is 3.30. The van der Waals surface area contributed by atoms with Gasteiger partial charge in [-0.1, -0.05) is 30.6 Å². The summed E-state index contributed by atoms with van der Waals surface area (Å²) in [5, 5.41) is 18.9. The monoisotopic (exact) mass is 283 g/mol. The Balaban J connectivity index is 2.05. The molecule has 20 heavy (non-hydrogen) atoms. The van der Waals surface area contributed by atoms with Crippen molar-refractivity contribution in [3.8, 4) is 0 Å². The lowest BCUT2D eigenvalue weighted by Gasteiger charge is -2.22. The molecule has 114 valence electrons. The zero-order valence-electron chi connectivity index (χ0n) is 12.5. The highest BCUT2D eigenvalue weighted by Gasteiger charge is 2.22. The SMILES string of the molecule is Cc1nc(CCNCCCCC(C)(C)C(N)=NO)no1. The van der Waals surface area contributed by atoms with Crippen molar-refractivity contribution in [2.45, 2.75) is 46.5 Å². The number of hydrogen-bond acceptors (Lipinski definition) is 6. The summed E-state index contributed by atoms with van der Waals surface area (Å²) in [5.74, 6) is 1.63. The van der Waals surface area contributed by atoms with Crippen LogP contribution >= 0.6 is 0 Å². The van der Waals surface area contributed by atoms with Crippen LogP contribution in [0.1, 0.15) is 44.8 Å². The molecule has 0 radical (unpaired) electrons. The number of hydrogen-bond donors (Lipinski definition) is 3. The molecule has 0 aromatic carbocycles. The van der Waals surface area contributed by atoms with E-state index >= 15 is 0 Å². The first kappa shape index (κ1) is 16.4. The number of aryl methyl sites for hydroxylation is 1. The van der Waals surface area contributed by atoms with E-state index in [4.69, 9.17) is 15.5 Å². The van der Waals surface area contributed by atoms with E-state index in [9.17, 15) is 0 Å². The summed E-state index contributed by atoms with van der Waals surface area (Å²) in [6.07, 6.45) is 3.74. The van der Waals surface area contributed by atoms with Crippen molar-refractivity contribution in [1.82, 2.24) is 15.5 Å². The lowest BCUT2D eigenvalue weighted by Crippen LogP contribution is -2.32. The second kappa shape index (κ2) is 7.84. The molecule has 0 aliphatic heterocycles. The Morgan fingerprint density at radius 3 is 2.75 bits per heavy atom. The van der Waals surface area contributed by atoms with Gasteiger partial charge in [0, 0.05) is 25.3 Å². The van der Waals surface area contributed by atoms with Crippen molar-refractivity contribution >= 4 is 5.84 Å². The lowest BCUT2D eigenvalue weighted by molar-refractivity contribution is 0.304. The number of amidine groups is 1. The maximum Gasteiger partial charge on any atom is 0.223 e. The third kappa shape index (κ3) is 5.56. The number of aromatic nitrogens is 2. The van der Waals surface area contributed by atoms with Crippen LogP contribution in [-0.2, 0) is 6.42 Å². The molecule has 0 spiro atoms. The van der Waals surface area contributed by atoms with Gasteiger partial charge in [0.2, 0.25) is 5.89 Å². The summed E-state index contributed by atoms with van der Waals surface area (Å²) in [4.78, 5) is 4.14. The maximum atomic E-state index is 8.68. The molecule has 7 nitrogen and oxygen atoms in total. The Kier molecular flexibility index (Phi) is 6.44. The number of unbranched alkanes of at least 4 members (excludes halogenated alkanes) is 1. The van der Waals surface area contributed by atoms with Gasteiger partial charge >= 0.3 is 0 Å². The van der Waals surface area contributed by atoms with Crippen LogP contribution in [0.15, 0.2) is 9.68 Å². The second-order valence-electron chi connectivity index (χ2n) is 5.56. The van der Waals surface area contributed by atoms with Crippen molar-refractivity contribution in [1.29, 1.82) is 0 Å². The van der Waals surface area contributed by atoms with Crippen LogP contribution in [0.3, 0.4) is 0 Å². The number of nitrogens with zero attached hydrogens (tertiary/aromatic N) is 3. The highest BCUT2D eigenvalue weighted by molar-refractivity contribution is 5.85. The van der Waals surface area contributed by atoms with E-state index in [-0.39, 0.29) is 11.3 Å². The van der Waals surface area contributed by atoms with Gasteiger partial charge in [-0.25, -0.2) is 0 Å². The molecule has 0 fully saturated rings. The van der Waals surface area contributed by atoms with E-state index in [1.54, 1.807) is 6.92 Å².